The van der Waals surface area contributed by atoms with E-state index in [-0.39, 0.29) is 17.8 Å². The number of benzene rings is 1. The van der Waals surface area contributed by atoms with Crippen LogP contribution in [0.5, 0.6) is 0 Å². The van der Waals surface area contributed by atoms with Gasteiger partial charge in [0, 0.05) is 0 Å². The topological polar surface area (TPSA) is 26.3 Å². The monoisotopic (exact) mass is 382 g/mol. The van der Waals surface area contributed by atoms with Gasteiger partial charge >= 0.3 is 130 Å². The Morgan fingerprint density at radius 2 is 1.79 bits per heavy atom. The molecule has 2 nitrogen and oxygen atoms in total. The Morgan fingerprint density at radius 3 is 2.26 bits per heavy atom. The molecular weight excluding hydrogens is 367 g/mol. The van der Waals surface area contributed by atoms with Crippen molar-refractivity contribution in [2.75, 3.05) is 0 Å². The molecule has 1 aliphatic heterocycles. The first kappa shape index (κ1) is 15.6. The third-order valence-electron chi connectivity index (χ3n) is 3.74. The van der Waals surface area contributed by atoms with Crippen LogP contribution in [0.3, 0.4) is 0 Å². The van der Waals surface area contributed by atoms with Gasteiger partial charge in [-0.2, -0.15) is 0 Å². The predicted molar refractivity (Wildman–Crippen MR) is 81.0 cm³/mol. The van der Waals surface area contributed by atoms with Crippen LogP contribution in [0.25, 0.3) is 0 Å². The van der Waals surface area contributed by atoms with Crippen molar-refractivity contribution < 1.29 is 8.56 Å². The maximum atomic E-state index is 12.0. The molecule has 0 radical (unpaired) electrons. The van der Waals surface area contributed by atoms with Gasteiger partial charge in [-0.25, -0.2) is 0 Å². The van der Waals surface area contributed by atoms with Crippen molar-refractivity contribution >= 4 is 49.1 Å². The molecule has 0 aliphatic carbocycles. The van der Waals surface area contributed by atoms with Crippen molar-refractivity contribution in [1.29, 1.82) is 0 Å². The van der Waals surface area contributed by atoms with Crippen LogP contribution in [0.4, 0.5) is 0 Å². The summed E-state index contributed by atoms with van der Waals surface area (Å²) >= 11 is 2.37. The number of hydrogen-bond donors (Lipinski definition) is 0. The molecule has 2 atom stereocenters. The fourth-order valence-corrected chi connectivity index (χ4v) is 8.30. The average Bonchev–Trinajstić information content (AvgIpc) is 2.46. The van der Waals surface area contributed by atoms with Gasteiger partial charge < -0.3 is 0 Å². The molecule has 1 aromatic rings. The Morgan fingerprint density at radius 1 is 1.26 bits per heavy atom. The van der Waals surface area contributed by atoms with Gasteiger partial charge in [0.25, 0.3) is 0 Å². The van der Waals surface area contributed by atoms with Crippen LogP contribution in [0.2, 0.25) is 9.27 Å². The van der Waals surface area contributed by atoms with Crippen LogP contribution < -0.4 is 0 Å². The molecule has 19 heavy (non-hydrogen) atoms. The van der Waals surface area contributed by atoms with E-state index < -0.39 is 16.0 Å². The minimum absolute atomic E-state index is 0.0544. The Labute approximate surface area is 129 Å². The third kappa shape index (κ3) is 2.70. The molecule has 0 saturated carbocycles. The van der Waals surface area contributed by atoms with Gasteiger partial charge in [-0.05, 0) is 0 Å². The second-order valence-electron chi connectivity index (χ2n) is 5.42. The Bertz CT molecular complexity index is 499. The summed E-state index contributed by atoms with van der Waals surface area (Å²) in [5, 5.41) is 0.643. The van der Waals surface area contributed by atoms with Crippen LogP contribution in [-0.4, -0.2) is 17.5 Å². The van der Waals surface area contributed by atoms with Crippen molar-refractivity contribution in [3.05, 3.63) is 34.9 Å². The number of hydrogen-bond acceptors (Lipinski definition) is 2. The molecule has 1 aromatic carbocycles. The first-order chi connectivity index (χ1) is 8.67. The maximum absolute atomic E-state index is 12.0. The molecule has 0 unspecified atom stereocenters. The number of carbonyl (C=O) groups excluding carboxylic acids is 1. The van der Waals surface area contributed by atoms with E-state index in [4.69, 9.17) is 35.4 Å². The number of Topliss-reactive ketones (excluding diaryl/α,β-unsaturated/α-hetero) is 1. The number of halogens is 3. The number of rotatable bonds is 2. The zero-order chi connectivity index (χ0) is 14.4. The molecule has 0 bridgehead atoms. The van der Waals surface area contributed by atoms with E-state index in [9.17, 15) is 4.79 Å². The average molecular weight is 382 g/mol. The summed E-state index contributed by atoms with van der Waals surface area (Å²) in [5.41, 5.74) is 0.895. The van der Waals surface area contributed by atoms with Gasteiger partial charge in [-0.15, -0.1) is 0 Å². The minimum atomic E-state index is -3.51. The van der Waals surface area contributed by atoms with Crippen molar-refractivity contribution in [3.63, 3.8) is 0 Å². The molecule has 0 aromatic heterocycles. The van der Waals surface area contributed by atoms with Crippen LogP contribution in [-0.2, 0) is 8.56 Å². The molecule has 0 spiro atoms. The molecule has 0 N–H and O–H groups in total. The van der Waals surface area contributed by atoms with Crippen molar-refractivity contribution in [1.82, 2.24) is 0 Å². The fraction of sp³-hybridized carbons (Fsp3) is 0.462. The summed E-state index contributed by atoms with van der Waals surface area (Å²) in [6, 6.07) is 7.27. The third-order valence-corrected chi connectivity index (χ3v) is 14.9. The molecule has 1 fully saturated rings. The van der Waals surface area contributed by atoms with Gasteiger partial charge in [0.1, 0.15) is 0 Å². The first-order valence-electron chi connectivity index (χ1n) is 5.98. The second kappa shape index (κ2) is 5.23. The quantitative estimate of drug-likeness (QED) is 0.686. The van der Waals surface area contributed by atoms with E-state index in [0.717, 1.165) is 5.56 Å². The summed E-state index contributed by atoms with van der Waals surface area (Å²) in [6.07, 6.45) is -0.375. The van der Waals surface area contributed by atoms with Gasteiger partial charge in [0.05, 0.1) is 0 Å². The summed E-state index contributed by atoms with van der Waals surface area (Å²) in [4.78, 5) is 12.0. The SMILES string of the molecule is CC(=O)[C@@H]1[C@H](c2ccc(Cl)cc2)[O][Ge]([Cl])([Cl])[C]1(C)C. The van der Waals surface area contributed by atoms with Gasteiger partial charge in [0.2, 0.25) is 0 Å². The van der Waals surface area contributed by atoms with E-state index in [2.05, 4.69) is 0 Å². The summed E-state index contributed by atoms with van der Waals surface area (Å²) in [7, 11) is 12.9. The molecule has 1 saturated heterocycles. The van der Waals surface area contributed by atoms with Crippen molar-refractivity contribution in [2.24, 2.45) is 5.92 Å². The Kier molecular flexibility index (Phi) is 4.31. The van der Waals surface area contributed by atoms with Crippen LogP contribution in [0.1, 0.15) is 32.4 Å². The molecule has 2 rings (SSSR count). The number of carbonyl (C=O) groups is 1. The summed E-state index contributed by atoms with van der Waals surface area (Å²) in [6.45, 7) is 5.42. The van der Waals surface area contributed by atoms with E-state index >= 15 is 0 Å². The van der Waals surface area contributed by atoms with Crippen LogP contribution >= 0.6 is 31.6 Å². The standard InChI is InChI=1S/C13H15Cl3GeO2/c1-8(18)11-12(9-4-6-10(14)7-5-9)19-17(15,16)13(11,2)3/h4-7,11-12H,1-3H3/t11-,12+/m1/s1. The predicted octanol–water partition coefficient (Wildman–Crippen LogP) is 4.81. The molecule has 0 amide bonds. The fourth-order valence-electron chi connectivity index (χ4n) is 2.57. The Balaban J connectivity index is 2.45. The molecular formula is C13H15Cl3GeO2. The zero-order valence-corrected chi connectivity index (χ0v) is 15.3. The molecule has 1 heterocycles. The van der Waals surface area contributed by atoms with Crippen LogP contribution in [0.15, 0.2) is 24.3 Å². The van der Waals surface area contributed by atoms with Gasteiger partial charge in [-0.3, -0.25) is 0 Å². The normalized spacial score (nSPS) is 28.3. The zero-order valence-electron chi connectivity index (χ0n) is 10.9. The first-order valence-corrected chi connectivity index (χ1v) is 13.8. The van der Waals surface area contributed by atoms with Crippen molar-refractivity contribution in [2.45, 2.75) is 31.1 Å². The van der Waals surface area contributed by atoms with E-state index in [0.29, 0.717) is 5.02 Å². The van der Waals surface area contributed by atoms with Crippen molar-refractivity contribution in [3.8, 4) is 0 Å². The van der Waals surface area contributed by atoms with Gasteiger partial charge in [0.15, 0.2) is 0 Å². The van der Waals surface area contributed by atoms with E-state index in [1.54, 1.807) is 19.1 Å². The number of ketones is 1. The second-order valence-corrected chi connectivity index (χ2v) is 17.8. The summed E-state index contributed by atoms with van der Waals surface area (Å²) < 4.78 is 5.43. The van der Waals surface area contributed by atoms with Crippen LogP contribution in [0, 0.1) is 5.92 Å². The summed E-state index contributed by atoms with van der Waals surface area (Å²) in [5.74, 6) is -0.262. The van der Waals surface area contributed by atoms with Gasteiger partial charge in [-0.1, -0.05) is 0 Å². The molecule has 104 valence electrons. The Hall–Kier alpha value is 0.263. The van der Waals surface area contributed by atoms with E-state index in [1.165, 1.54) is 0 Å². The van der Waals surface area contributed by atoms with E-state index in [1.807, 2.05) is 26.0 Å². The molecule has 1 aliphatic rings. The molecule has 6 heteroatoms.